The first-order valence-electron chi connectivity index (χ1n) is 40.2. The molecule has 0 aliphatic rings. The first-order chi connectivity index (χ1) is 54.5. The molecule has 0 aliphatic heterocycles. The van der Waals surface area contributed by atoms with Crippen LogP contribution in [0.5, 0.6) is 0 Å². The lowest BCUT2D eigenvalue weighted by molar-refractivity contribution is 0.830. The molecule has 0 unspecified atom stereocenters. The van der Waals surface area contributed by atoms with Crippen molar-refractivity contribution in [3.63, 3.8) is 0 Å². The van der Waals surface area contributed by atoms with Gasteiger partial charge < -0.3 is 13.8 Å². The molecule has 11 aromatic heterocycles. The Kier molecular flexibility index (Phi) is 38.7. The van der Waals surface area contributed by atoms with E-state index < -0.39 is 0 Å². The van der Waals surface area contributed by atoms with Gasteiger partial charge in [-0.15, -0.1) is 0 Å². The number of aromatic amines is 1. The number of fused-ring (bicyclic) bond motifs is 9. The van der Waals surface area contributed by atoms with E-state index in [1.54, 1.807) is 6.20 Å². The van der Waals surface area contributed by atoms with E-state index in [0.29, 0.717) is 53.3 Å². The summed E-state index contributed by atoms with van der Waals surface area (Å²) in [4.78, 5) is 34.0. The van der Waals surface area contributed by atoms with Crippen molar-refractivity contribution in [1.29, 1.82) is 0 Å². The maximum atomic E-state index is 4.57. The van der Waals surface area contributed by atoms with E-state index in [1.165, 1.54) is 87.9 Å². The van der Waals surface area contributed by atoms with Crippen molar-refractivity contribution >= 4 is 82.2 Å². The van der Waals surface area contributed by atoms with Gasteiger partial charge in [0, 0.05) is 106 Å². The van der Waals surface area contributed by atoms with Crippen molar-refractivity contribution in [2.45, 2.75) is 215 Å². The second-order valence-electron chi connectivity index (χ2n) is 31.5. The smallest absolute Gasteiger partial charge is 0.233 e. The van der Waals surface area contributed by atoms with Crippen molar-refractivity contribution in [3.05, 3.63) is 361 Å². The zero-order valence-corrected chi connectivity index (χ0v) is 69.6. The average Bonchev–Trinajstić information content (AvgIpc) is 1.09. The minimum atomic E-state index is 0. The molecular weight excluding hydrogens is 1440 g/mol. The fourth-order valence-corrected chi connectivity index (χ4v) is 12.8. The van der Waals surface area contributed by atoms with Crippen LogP contribution in [0.3, 0.4) is 0 Å². The molecule has 11 heterocycles. The van der Waals surface area contributed by atoms with Crippen LogP contribution in [0, 0.1) is 0 Å². The largest absolute Gasteiger partial charge is 0.358 e. The number of hydrogen-bond donors (Lipinski definition) is 1. The number of hydrogen-bond acceptors (Lipinski definition) is 7. The highest BCUT2D eigenvalue weighted by atomic mass is 15.1. The molecule has 7 aromatic carbocycles. The lowest BCUT2D eigenvalue weighted by atomic mass is 9.96. The van der Waals surface area contributed by atoms with Crippen LogP contribution in [-0.4, -0.2) is 53.1 Å². The van der Waals surface area contributed by atoms with Gasteiger partial charge in [-0.05, 0) is 194 Å². The van der Waals surface area contributed by atoms with E-state index in [1.807, 2.05) is 108 Å². The number of pyridine rings is 6. The first kappa shape index (κ1) is 96.6. The second kappa shape index (κ2) is 47.3. The van der Waals surface area contributed by atoms with Gasteiger partial charge >= 0.3 is 0 Å². The van der Waals surface area contributed by atoms with E-state index in [0.717, 1.165) is 44.9 Å². The molecule has 18 rings (SSSR count). The third kappa shape index (κ3) is 27.1. The van der Waals surface area contributed by atoms with Gasteiger partial charge in [-0.25, -0.2) is 15.0 Å². The number of rotatable bonds is 9. The highest BCUT2D eigenvalue weighted by Gasteiger charge is 2.10. The third-order valence-corrected chi connectivity index (χ3v) is 19.7. The summed E-state index contributed by atoms with van der Waals surface area (Å²) in [7, 11) is 0. The summed E-state index contributed by atoms with van der Waals surface area (Å²) < 4.78 is 6.15. The number of para-hydroxylation sites is 4. The summed E-state index contributed by atoms with van der Waals surface area (Å²) in [6.07, 6.45) is 19.8. The Bertz CT molecular complexity index is 5190. The molecule has 0 amide bonds. The molecule has 11 nitrogen and oxygen atoms in total. The van der Waals surface area contributed by atoms with Gasteiger partial charge in [-0.3, -0.25) is 24.3 Å². The number of nitrogens with zero attached hydrogens (tertiary/aromatic N) is 10. The van der Waals surface area contributed by atoms with Crippen LogP contribution in [0.1, 0.15) is 266 Å². The van der Waals surface area contributed by atoms with Gasteiger partial charge in [0.15, 0.2) is 0 Å². The van der Waals surface area contributed by atoms with Gasteiger partial charge in [-0.1, -0.05) is 313 Å². The van der Waals surface area contributed by atoms with Crippen molar-refractivity contribution in [1.82, 2.24) is 53.1 Å². The Morgan fingerprint density at radius 1 is 0.280 bits per heavy atom. The number of H-pyrrole nitrogens is 1. The topological polar surface area (TPSA) is 119 Å². The predicted octanol–water partition coefficient (Wildman–Crippen LogP) is 31.2. The summed E-state index contributed by atoms with van der Waals surface area (Å²) >= 11 is 0. The fraction of sp³-hybridized carbons (Fsp3) is 0.299. The normalized spacial score (nSPS) is 10.6. The summed E-state index contributed by atoms with van der Waals surface area (Å²) in [5.74, 6) is 5.73. The van der Waals surface area contributed by atoms with Gasteiger partial charge in [-0.2, -0.15) is 0 Å². The predicted molar refractivity (Wildman–Crippen MR) is 515 cm³/mol. The monoisotopic (exact) mass is 1570 g/mol. The lowest BCUT2D eigenvalue weighted by Crippen LogP contribution is -1.91. The number of aromatic nitrogens is 11. The standard InChI is InChI=1S/C13H14.4C12H13N.2C11H13N.C10H12N2.C9H11N3.5CH4/c1-10(2)12-9-5-7-11-6-3-4-8-13(11)12;1-9(2)11-7-3-5-10-6-4-8-13-12(10)11;1-9(2)10-5-6-12-11(8-10)4-3-7-13-12;1-9(2)11-7-10-5-3-4-6-12(10)13-8-11;1-9(2)11-8-7-10-5-3-4-6-12(10)13-11;1-9(2)10-7-11-5-3-4-6-12(11)8-10;1-8(2)11-7-9-5-3-4-6-10(9)12-11;1-8(2)9-7-12-6-4-3-5-10(12)11-9;1-7(2)8-6-12-5-3-4-10-9(12)11-8;;;;;/h3-10H,1-2H3;4*3-9H,1-2H3;3-9H,1-2H3;3-8,12H,1-2H3;3-8H,1-2H3;3-7H,1-2H3;5*1H4. The minimum Gasteiger partial charge on any atom is -0.358 e. The van der Waals surface area contributed by atoms with Crippen LogP contribution in [0.15, 0.2) is 311 Å². The molecule has 0 saturated heterocycles. The van der Waals surface area contributed by atoms with Crippen LogP contribution >= 0.6 is 0 Å². The molecule has 11 heteroatoms. The lowest BCUT2D eigenvalue weighted by Gasteiger charge is -2.08. The van der Waals surface area contributed by atoms with Crippen LogP contribution < -0.4 is 0 Å². The SMILES string of the molecule is C.C.C.C.C.CC(C)c1cc2ccccc2[nH]1.CC(C)c1cc2ccccn2c1.CC(C)c1ccc2ccccc2n1.CC(C)c1ccc2ncccc2c1.CC(C)c1cccc2ccccc12.CC(C)c1cccc2cccnc12.CC(C)c1cn2ccccc2n1.CC(C)c1cn2cccnc2n1.CC(C)c1cnc2ccccc2c1. The van der Waals surface area contributed by atoms with E-state index in [-0.39, 0.29) is 37.1 Å². The molecule has 0 aliphatic carbocycles. The molecule has 0 saturated carbocycles. The third-order valence-electron chi connectivity index (χ3n) is 19.7. The number of benzene rings is 7. The Morgan fingerprint density at radius 3 is 1.42 bits per heavy atom. The zero-order valence-electron chi connectivity index (χ0n) is 69.6. The number of imidazole rings is 2. The van der Waals surface area contributed by atoms with Crippen LogP contribution in [0.2, 0.25) is 0 Å². The molecule has 118 heavy (non-hydrogen) atoms. The Morgan fingerprint density at radius 2 is 0.788 bits per heavy atom. The van der Waals surface area contributed by atoms with Crippen molar-refractivity contribution in [2.24, 2.45) is 0 Å². The maximum Gasteiger partial charge on any atom is 0.233 e. The van der Waals surface area contributed by atoms with E-state index in [4.69, 9.17) is 0 Å². The molecule has 0 fully saturated rings. The summed E-state index contributed by atoms with van der Waals surface area (Å²) in [5, 5.41) is 8.94. The zero-order chi connectivity index (χ0) is 80.5. The molecular formula is C107H135N11. The molecule has 618 valence electrons. The quantitative estimate of drug-likeness (QED) is 0.153. The van der Waals surface area contributed by atoms with Crippen molar-refractivity contribution < 1.29 is 0 Å². The van der Waals surface area contributed by atoms with Gasteiger partial charge in [0.25, 0.3) is 0 Å². The van der Waals surface area contributed by atoms with Crippen LogP contribution in [0.25, 0.3) is 82.2 Å². The minimum absolute atomic E-state index is 0. The molecule has 1 N–H and O–H groups in total. The molecule has 0 spiro atoms. The summed E-state index contributed by atoms with van der Waals surface area (Å²) in [5.41, 5.74) is 19.5. The Labute approximate surface area is 707 Å². The Balaban J connectivity index is 0.000000235. The second-order valence-corrected chi connectivity index (χ2v) is 31.5. The van der Waals surface area contributed by atoms with E-state index in [9.17, 15) is 0 Å². The van der Waals surface area contributed by atoms with E-state index >= 15 is 0 Å². The van der Waals surface area contributed by atoms with Crippen molar-refractivity contribution in [3.8, 4) is 0 Å². The summed E-state index contributed by atoms with van der Waals surface area (Å²) in [6.45, 7) is 39.4. The maximum absolute atomic E-state index is 4.57. The van der Waals surface area contributed by atoms with Gasteiger partial charge in [0.05, 0.1) is 33.5 Å². The Hall–Kier alpha value is -12.0. The van der Waals surface area contributed by atoms with Crippen molar-refractivity contribution in [2.75, 3.05) is 0 Å². The van der Waals surface area contributed by atoms with Crippen LogP contribution in [0.4, 0.5) is 0 Å². The van der Waals surface area contributed by atoms with Gasteiger partial charge in [0.2, 0.25) is 5.78 Å². The number of nitrogens with one attached hydrogen (secondary N) is 1. The highest BCUT2D eigenvalue weighted by molar-refractivity contribution is 5.86. The van der Waals surface area contributed by atoms with Gasteiger partial charge in [0.1, 0.15) is 5.65 Å². The average molecular weight is 1580 g/mol. The molecule has 0 bridgehead atoms. The molecule has 0 atom stereocenters. The fourth-order valence-electron chi connectivity index (χ4n) is 12.8. The molecule has 0 radical (unpaired) electrons. The summed E-state index contributed by atoms with van der Waals surface area (Å²) in [6, 6.07) is 86.0. The highest BCUT2D eigenvalue weighted by Crippen LogP contribution is 2.28. The van der Waals surface area contributed by atoms with E-state index in [2.05, 4.69) is 374 Å². The molecule has 18 aromatic rings. The van der Waals surface area contributed by atoms with Crippen LogP contribution in [-0.2, 0) is 0 Å². The first-order valence-corrected chi connectivity index (χ1v) is 40.2.